The molecule has 0 unspecified atom stereocenters. The molecule has 17 heavy (non-hydrogen) atoms. The molecule has 100 valence electrons. The quantitative estimate of drug-likeness (QED) is 0.725. The van der Waals surface area contributed by atoms with E-state index >= 15 is 0 Å². The third-order valence-corrected chi connectivity index (χ3v) is 4.67. The van der Waals surface area contributed by atoms with Crippen molar-refractivity contribution in [2.24, 2.45) is 5.41 Å². The first kappa shape index (κ1) is 13.3. The summed E-state index contributed by atoms with van der Waals surface area (Å²) in [6, 6.07) is 0.921. The molecule has 2 N–H and O–H groups in total. The minimum absolute atomic E-state index is 0.751. The highest BCUT2D eigenvalue weighted by molar-refractivity contribution is 5.01. The largest absolute Gasteiger partial charge is 0.317 e. The van der Waals surface area contributed by atoms with Crippen molar-refractivity contribution >= 4 is 0 Å². The number of nitrogens with one attached hydrogen (secondary N) is 2. The number of nitrogens with zero attached hydrogens (tertiary/aromatic N) is 1. The Kier molecular flexibility index (Phi) is 4.83. The van der Waals surface area contributed by atoms with Crippen LogP contribution in [0.2, 0.25) is 0 Å². The van der Waals surface area contributed by atoms with Gasteiger partial charge in [0.05, 0.1) is 0 Å². The molecule has 3 rings (SSSR count). The summed E-state index contributed by atoms with van der Waals surface area (Å²) in [5.74, 6) is 0. The first-order chi connectivity index (χ1) is 8.38. The molecular formula is C14H29N3. The van der Waals surface area contributed by atoms with Crippen LogP contribution in [0.4, 0.5) is 0 Å². The van der Waals surface area contributed by atoms with E-state index in [1.807, 2.05) is 13.8 Å². The predicted octanol–water partition coefficient (Wildman–Crippen LogP) is 1.45. The molecule has 2 aliphatic heterocycles. The van der Waals surface area contributed by atoms with Crippen molar-refractivity contribution in [3.05, 3.63) is 0 Å². The van der Waals surface area contributed by atoms with Crippen LogP contribution in [-0.2, 0) is 0 Å². The Morgan fingerprint density at radius 1 is 0.882 bits per heavy atom. The van der Waals surface area contributed by atoms with E-state index in [1.54, 1.807) is 0 Å². The summed E-state index contributed by atoms with van der Waals surface area (Å²) in [7, 11) is 0. The van der Waals surface area contributed by atoms with Crippen LogP contribution in [0.1, 0.15) is 39.5 Å². The summed E-state index contributed by atoms with van der Waals surface area (Å²) >= 11 is 0. The van der Waals surface area contributed by atoms with E-state index in [4.69, 9.17) is 0 Å². The van der Waals surface area contributed by atoms with Crippen molar-refractivity contribution in [3.63, 3.8) is 0 Å². The second-order valence-corrected chi connectivity index (χ2v) is 5.60. The van der Waals surface area contributed by atoms with Crippen LogP contribution in [0, 0.1) is 5.41 Å². The summed E-state index contributed by atoms with van der Waals surface area (Å²) in [5, 5.41) is 6.92. The molecule has 2 saturated heterocycles. The minimum atomic E-state index is 0.751. The van der Waals surface area contributed by atoms with Crippen molar-refractivity contribution in [3.8, 4) is 0 Å². The Morgan fingerprint density at radius 2 is 1.41 bits per heavy atom. The number of hydrogen-bond acceptors (Lipinski definition) is 3. The first-order valence-corrected chi connectivity index (χ1v) is 7.54. The van der Waals surface area contributed by atoms with E-state index in [0.29, 0.717) is 0 Å². The third kappa shape index (κ3) is 3.01. The van der Waals surface area contributed by atoms with Crippen LogP contribution in [0.5, 0.6) is 0 Å². The number of piperidine rings is 1. The molecule has 3 heteroatoms. The molecule has 0 bridgehead atoms. The van der Waals surface area contributed by atoms with Crippen molar-refractivity contribution in [2.45, 2.75) is 45.6 Å². The van der Waals surface area contributed by atoms with E-state index in [0.717, 1.165) is 11.5 Å². The van der Waals surface area contributed by atoms with Gasteiger partial charge in [-0.1, -0.05) is 13.8 Å². The predicted molar refractivity (Wildman–Crippen MR) is 73.3 cm³/mol. The van der Waals surface area contributed by atoms with Gasteiger partial charge in [0.1, 0.15) is 0 Å². The van der Waals surface area contributed by atoms with Gasteiger partial charge in [-0.05, 0) is 44.2 Å². The summed E-state index contributed by atoms with van der Waals surface area (Å²) < 4.78 is 0. The highest BCUT2D eigenvalue weighted by Gasteiger charge is 2.46. The van der Waals surface area contributed by atoms with Crippen LogP contribution in [0.15, 0.2) is 0 Å². The molecule has 0 aromatic heterocycles. The Labute approximate surface area is 106 Å². The molecule has 1 spiro atoms. The fourth-order valence-corrected chi connectivity index (χ4v) is 3.61. The van der Waals surface area contributed by atoms with Gasteiger partial charge >= 0.3 is 0 Å². The molecule has 0 aromatic rings. The van der Waals surface area contributed by atoms with Gasteiger partial charge in [0, 0.05) is 32.2 Å². The maximum atomic E-state index is 3.48. The zero-order chi connectivity index (χ0) is 12.1. The highest BCUT2D eigenvalue weighted by atomic mass is 15.2. The number of hydrogen-bond donors (Lipinski definition) is 2. The molecule has 3 fully saturated rings. The third-order valence-electron chi connectivity index (χ3n) is 4.67. The SMILES string of the molecule is C1CN(C2CC3(CCNCC3)C2)CCN1.CC. The first-order valence-electron chi connectivity index (χ1n) is 7.54. The van der Waals surface area contributed by atoms with Crippen LogP contribution in [0.3, 0.4) is 0 Å². The normalized spacial score (nSPS) is 29.3. The standard InChI is InChI=1S/C12H23N3.C2H6/c1-3-13-4-2-12(1)9-11(10-12)15-7-5-14-6-8-15;1-2/h11,13-14H,1-10H2;1-2H3. The molecule has 0 radical (unpaired) electrons. The molecule has 0 aromatic carbocycles. The smallest absolute Gasteiger partial charge is 0.0110 e. The summed E-state index contributed by atoms with van der Waals surface area (Å²) in [4.78, 5) is 2.71. The van der Waals surface area contributed by atoms with Gasteiger partial charge in [-0.15, -0.1) is 0 Å². The van der Waals surface area contributed by atoms with E-state index in [9.17, 15) is 0 Å². The summed E-state index contributed by atoms with van der Waals surface area (Å²) in [6.45, 7) is 11.5. The maximum Gasteiger partial charge on any atom is 0.0110 e. The van der Waals surface area contributed by atoms with Gasteiger partial charge in [-0.2, -0.15) is 0 Å². The van der Waals surface area contributed by atoms with Crippen LogP contribution >= 0.6 is 0 Å². The zero-order valence-electron chi connectivity index (χ0n) is 11.6. The minimum Gasteiger partial charge on any atom is -0.317 e. The van der Waals surface area contributed by atoms with Crippen molar-refractivity contribution in [1.82, 2.24) is 15.5 Å². The highest BCUT2D eigenvalue weighted by Crippen LogP contribution is 2.49. The molecule has 1 saturated carbocycles. The lowest BCUT2D eigenvalue weighted by Crippen LogP contribution is -2.58. The van der Waals surface area contributed by atoms with E-state index in [2.05, 4.69) is 15.5 Å². The van der Waals surface area contributed by atoms with Gasteiger partial charge in [0.2, 0.25) is 0 Å². The topological polar surface area (TPSA) is 27.3 Å². The van der Waals surface area contributed by atoms with Gasteiger partial charge in [-0.25, -0.2) is 0 Å². The Morgan fingerprint density at radius 3 is 2.00 bits per heavy atom. The Bertz CT molecular complexity index is 210. The Hall–Kier alpha value is -0.120. The zero-order valence-corrected chi connectivity index (χ0v) is 11.6. The fourth-order valence-electron chi connectivity index (χ4n) is 3.61. The van der Waals surface area contributed by atoms with Crippen LogP contribution < -0.4 is 10.6 Å². The van der Waals surface area contributed by atoms with E-state index < -0.39 is 0 Å². The maximum absolute atomic E-state index is 3.48. The lowest BCUT2D eigenvalue weighted by molar-refractivity contribution is -0.0246. The molecular weight excluding hydrogens is 210 g/mol. The molecule has 3 nitrogen and oxygen atoms in total. The molecule has 0 amide bonds. The van der Waals surface area contributed by atoms with E-state index in [1.165, 1.54) is 65.0 Å². The Balaban J connectivity index is 0.000000514. The average Bonchev–Trinajstić information content (AvgIpc) is 2.40. The number of piperazine rings is 1. The molecule has 1 aliphatic carbocycles. The van der Waals surface area contributed by atoms with Crippen molar-refractivity contribution in [1.29, 1.82) is 0 Å². The van der Waals surface area contributed by atoms with E-state index in [-0.39, 0.29) is 0 Å². The van der Waals surface area contributed by atoms with Crippen molar-refractivity contribution in [2.75, 3.05) is 39.3 Å². The monoisotopic (exact) mass is 239 g/mol. The molecule has 3 aliphatic rings. The van der Waals surface area contributed by atoms with Gasteiger partial charge in [0.25, 0.3) is 0 Å². The summed E-state index contributed by atoms with van der Waals surface area (Å²) in [6.07, 6.45) is 5.81. The second-order valence-electron chi connectivity index (χ2n) is 5.60. The summed E-state index contributed by atoms with van der Waals surface area (Å²) in [5.41, 5.74) is 0.751. The number of rotatable bonds is 1. The van der Waals surface area contributed by atoms with Gasteiger partial charge < -0.3 is 10.6 Å². The lowest BCUT2D eigenvalue weighted by Gasteiger charge is -2.54. The molecule has 2 heterocycles. The van der Waals surface area contributed by atoms with Crippen LogP contribution in [-0.4, -0.2) is 50.2 Å². The average molecular weight is 239 g/mol. The van der Waals surface area contributed by atoms with Crippen LogP contribution in [0.25, 0.3) is 0 Å². The fraction of sp³-hybridized carbons (Fsp3) is 1.00. The van der Waals surface area contributed by atoms with Gasteiger partial charge in [-0.3, -0.25) is 4.90 Å². The lowest BCUT2D eigenvalue weighted by atomic mass is 9.60. The van der Waals surface area contributed by atoms with Gasteiger partial charge in [0.15, 0.2) is 0 Å². The van der Waals surface area contributed by atoms with Crippen molar-refractivity contribution < 1.29 is 0 Å². The molecule has 0 atom stereocenters. The second kappa shape index (κ2) is 6.17.